The number of carboxylic acid groups (broad SMARTS) is 1. The first-order valence-corrected chi connectivity index (χ1v) is 6.13. The minimum absolute atomic E-state index is 0.302. The SMILES string of the molecule is CNc1cccc(C2OCCC2N(OC)C(=O)O)c1. The molecule has 1 aromatic carbocycles. The Morgan fingerprint density at radius 2 is 2.37 bits per heavy atom. The maximum atomic E-state index is 11.2. The van der Waals surface area contributed by atoms with E-state index in [1.807, 2.05) is 31.3 Å². The minimum atomic E-state index is -1.10. The van der Waals surface area contributed by atoms with Gasteiger partial charge in [-0.05, 0) is 24.1 Å². The van der Waals surface area contributed by atoms with E-state index in [0.29, 0.717) is 13.0 Å². The van der Waals surface area contributed by atoms with E-state index in [9.17, 15) is 4.79 Å². The quantitative estimate of drug-likeness (QED) is 0.817. The highest BCUT2D eigenvalue weighted by atomic mass is 16.7. The summed E-state index contributed by atoms with van der Waals surface area (Å²) in [5.41, 5.74) is 1.91. The van der Waals surface area contributed by atoms with Gasteiger partial charge in [-0.15, -0.1) is 0 Å². The van der Waals surface area contributed by atoms with Crippen LogP contribution in [0.5, 0.6) is 0 Å². The molecule has 1 heterocycles. The molecule has 1 amide bonds. The summed E-state index contributed by atoms with van der Waals surface area (Å²) >= 11 is 0. The zero-order chi connectivity index (χ0) is 13.8. The third kappa shape index (κ3) is 2.80. The Morgan fingerprint density at radius 3 is 3.00 bits per heavy atom. The molecule has 0 spiro atoms. The molecule has 1 aliphatic rings. The molecule has 104 valence electrons. The number of benzene rings is 1. The van der Waals surface area contributed by atoms with Crippen molar-refractivity contribution in [2.75, 3.05) is 26.1 Å². The van der Waals surface area contributed by atoms with Gasteiger partial charge in [-0.25, -0.2) is 4.79 Å². The Bertz CT molecular complexity index is 452. The molecular formula is C13H18N2O4. The smallest absolute Gasteiger partial charge is 0.431 e. The van der Waals surface area contributed by atoms with Crippen molar-refractivity contribution in [2.45, 2.75) is 18.6 Å². The summed E-state index contributed by atoms with van der Waals surface area (Å²) in [6.45, 7) is 0.520. The van der Waals surface area contributed by atoms with Gasteiger partial charge in [-0.2, -0.15) is 5.06 Å². The standard InChI is InChI=1S/C13H18N2O4/c1-14-10-5-3-4-9(8-10)12-11(6-7-19-12)15(18-2)13(16)17/h3-5,8,11-12,14H,6-7H2,1-2H3,(H,16,17). The molecule has 1 aliphatic heterocycles. The highest BCUT2D eigenvalue weighted by molar-refractivity contribution is 5.64. The Labute approximate surface area is 111 Å². The number of rotatable bonds is 4. The van der Waals surface area contributed by atoms with Gasteiger partial charge in [-0.1, -0.05) is 12.1 Å². The van der Waals surface area contributed by atoms with Crippen molar-refractivity contribution in [3.8, 4) is 0 Å². The predicted octanol–water partition coefficient (Wildman–Crippen LogP) is 2.10. The number of ether oxygens (including phenoxy) is 1. The summed E-state index contributed by atoms with van der Waals surface area (Å²) in [4.78, 5) is 16.1. The first-order valence-electron chi connectivity index (χ1n) is 6.13. The van der Waals surface area contributed by atoms with Crippen LogP contribution < -0.4 is 5.32 Å². The van der Waals surface area contributed by atoms with Crippen LogP contribution in [0.3, 0.4) is 0 Å². The van der Waals surface area contributed by atoms with Crippen molar-refractivity contribution >= 4 is 11.8 Å². The van der Waals surface area contributed by atoms with Crippen LogP contribution in [0.4, 0.5) is 10.5 Å². The van der Waals surface area contributed by atoms with Crippen molar-refractivity contribution in [1.29, 1.82) is 0 Å². The highest BCUT2D eigenvalue weighted by Gasteiger charge is 2.37. The molecule has 2 atom stereocenters. The number of hydrogen-bond donors (Lipinski definition) is 2. The first-order chi connectivity index (χ1) is 9.17. The average Bonchev–Trinajstić information content (AvgIpc) is 2.88. The van der Waals surface area contributed by atoms with Gasteiger partial charge in [0.1, 0.15) is 6.10 Å². The van der Waals surface area contributed by atoms with E-state index in [1.54, 1.807) is 0 Å². The van der Waals surface area contributed by atoms with E-state index in [1.165, 1.54) is 7.11 Å². The Balaban J connectivity index is 2.24. The average molecular weight is 266 g/mol. The van der Waals surface area contributed by atoms with Crippen LogP contribution in [-0.4, -0.2) is 43.1 Å². The molecule has 2 N–H and O–H groups in total. The molecular weight excluding hydrogens is 248 g/mol. The molecule has 0 aromatic heterocycles. The second-order valence-corrected chi connectivity index (χ2v) is 4.31. The molecule has 0 radical (unpaired) electrons. The molecule has 1 aromatic rings. The van der Waals surface area contributed by atoms with Gasteiger partial charge >= 0.3 is 6.09 Å². The third-order valence-corrected chi connectivity index (χ3v) is 3.25. The fraction of sp³-hybridized carbons (Fsp3) is 0.462. The maximum absolute atomic E-state index is 11.2. The predicted molar refractivity (Wildman–Crippen MR) is 70.0 cm³/mol. The lowest BCUT2D eigenvalue weighted by molar-refractivity contribution is -0.143. The highest BCUT2D eigenvalue weighted by Crippen LogP contribution is 2.33. The molecule has 0 saturated carbocycles. The fourth-order valence-electron chi connectivity index (χ4n) is 2.36. The van der Waals surface area contributed by atoms with Crippen molar-refractivity contribution < 1.29 is 19.5 Å². The van der Waals surface area contributed by atoms with Crippen LogP contribution in [0.2, 0.25) is 0 Å². The lowest BCUT2D eigenvalue weighted by Gasteiger charge is -2.27. The second kappa shape index (κ2) is 5.90. The Kier molecular flexibility index (Phi) is 4.24. The Hall–Kier alpha value is -1.79. The van der Waals surface area contributed by atoms with Gasteiger partial charge in [0.15, 0.2) is 0 Å². The molecule has 0 aliphatic carbocycles. The van der Waals surface area contributed by atoms with Crippen LogP contribution in [0.1, 0.15) is 18.1 Å². The van der Waals surface area contributed by atoms with Crippen molar-refractivity contribution in [3.05, 3.63) is 29.8 Å². The lowest BCUT2D eigenvalue weighted by Crippen LogP contribution is -2.40. The summed E-state index contributed by atoms with van der Waals surface area (Å²) in [7, 11) is 3.19. The van der Waals surface area contributed by atoms with E-state index in [2.05, 4.69) is 5.32 Å². The van der Waals surface area contributed by atoms with Crippen LogP contribution in [-0.2, 0) is 9.57 Å². The van der Waals surface area contributed by atoms with E-state index >= 15 is 0 Å². The topological polar surface area (TPSA) is 71.0 Å². The molecule has 1 saturated heterocycles. The van der Waals surface area contributed by atoms with Crippen LogP contribution in [0.15, 0.2) is 24.3 Å². The van der Waals surface area contributed by atoms with E-state index in [0.717, 1.165) is 16.3 Å². The number of hydroxylamine groups is 2. The number of amides is 1. The monoisotopic (exact) mass is 266 g/mol. The number of nitrogens with zero attached hydrogens (tertiary/aromatic N) is 1. The van der Waals surface area contributed by atoms with Crippen molar-refractivity contribution in [3.63, 3.8) is 0 Å². The third-order valence-electron chi connectivity index (χ3n) is 3.25. The summed E-state index contributed by atoms with van der Waals surface area (Å²) in [5, 5.41) is 13.1. The number of carbonyl (C=O) groups is 1. The van der Waals surface area contributed by atoms with Gasteiger partial charge in [0.05, 0.1) is 13.2 Å². The van der Waals surface area contributed by atoms with Gasteiger partial charge < -0.3 is 15.2 Å². The minimum Gasteiger partial charge on any atom is -0.463 e. The van der Waals surface area contributed by atoms with Crippen LogP contribution in [0.25, 0.3) is 0 Å². The summed E-state index contributed by atoms with van der Waals surface area (Å²) in [6.07, 6.45) is -0.786. The molecule has 1 fully saturated rings. The van der Waals surface area contributed by atoms with Crippen molar-refractivity contribution in [2.24, 2.45) is 0 Å². The molecule has 19 heavy (non-hydrogen) atoms. The van der Waals surface area contributed by atoms with Gasteiger partial charge in [0.25, 0.3) is 0 Å². The number of anilines is 1. The maximum Gasteiger partial charge on any atom is 0.431 e. The molecule has 0 bridgehead atoms. The first kappa shape index (κ1) is 13.6. The Morgan fingerprint density at radius 1 is 1.58 bits per heavy atom. The van der Waals surface area contributed by atoms with E-state index < -0.39 is 6.09 Å². The lowest BCUT2D eigenvalue weighted by atomic mass is 10.0. The van der Waals surface area contributed by atoms with Crippen molar-refractivity contribution in [1.82, 2.24) is 5.06 Å². The zero-order valence-electron chi connectivity index (χ0n) is 11.0. The van der Waals surface area contributed by atoms with Crippen LogP contribution >= 0.6 is 0 Å². The van der Waals surface area contributed by atoms with Crippen LogP contribution in [0, 0.1) is 0 Å². The van der Waals surface area contributed by atoms with Gasteiger partial charge in [-0.3, -0.25) is 4.84 Å². The molecule has 2 rings (SSSR count). The zero-order valence-corrected chi connectivity index (χ0v) is 11.0. The van der Waals surface area contributed by atoms with E-state index in [4.69, 9.17) is 14.7 Å². The fourth-order valence-corrected chi connectivity index (χ4v) is 2.36. The summed E-state index contributed by atoms with van der Waals surface area (Å²) < 4.78 is 5.67. The number of nitrogens with one attached hydrogen (secondary N) is 1. The second-order valence-electron chi connectivity index (χ2n) is 4.31. The molecule has 6 heteroatoms. The molecule has 6 nitrogen and oxygen atoms in total. The molecule has 2 unspecified atom stereocenters. The summed E-state index contributed by atoms with van der Waals surface area (Å²) in [5.74, 6) is 0. The van der Waals surface area contributed by atoms with Gasteiger partial charge in [0.2, 0.25) is 0 Å². The largest absolute Gasteiger partial charge is 0.463 e. The summed E-state index contributed by atoms with van der Waals surface area (Å²) in [6, 6.07) is 7.42. The number of hydrogen-bond acceptors (Lipinski definition) is 4. The normalized spacial score (nSPS) is 22.2. The van der Waals surface area contributed by atoms with E-state index in [-0.39, 0.29) is 12.1 Å². The van der Waals surface area contributed by atoms with Gasteiger partial charge in [0, 0.05) is 19.3 Å².